The Morgan fingerprint density at radius 2 is 1.81 bits per heavy atom. The molecule has 1 nitrogen and oxygen atoms in total. The molecule has 144 valence electrons. The molecule has 0 saturated heterocycles. The summed E-state index contributed by atoms with van der Waals surface area (Å²) in [6.07, 6.45) is 11.4. The number of ether oxygens (including phenoxy) is 1. The third-order valence-electron chi connectivity index (χ3n) is 5.57. The summed E-state index contributed by atoms with van der Waals surface area (Å²) in [7, 11) is 1.49. The summed E-state index contributed by atoms with van der Waals surface area (Å²) in [6.45, 7) is 2.26. The van der Waals surface area contributed by atoms with E-state index in [1.807, 2.05) is 12.1 Å². The maximum absolute atomic E-state index is 14.5. The lowest BCUT2D eigenvalue weighted by Gasteiger charge is -2.22. The number of hydrogen-bond acceptors (Lipinski definition) is 1. The zero-order chi connectivity index (χ0) is 19.2. The highest BCUT2D eigenvalue weighted by Gasteiger charge is 2.16. The third-order valence-corrected chi connectivity index (χ3v) is 5.92. The summed E-state index contributed by atoms with van der Waals surface area (Å²) >= 11 is 6.05. The average Bonchev–Trinajstić information content (AvgIpc) is 2.71. The van der Waals surface area contributed by atoms with Crippen molar-refractivity contribution in [3.05, 3.63) is 58.9 Å². The number of hydrogen-bond donors (Lipinski definition) is 0. The predicted molar refractivity (Wildman–Crippen MR) is 113 cm³/mol. The molecule has 1 aliphatic rings. The minimum Gasteiger partial charge on any atom is -0.495 e. The summed E-state index contributed by atoms with van der Waals surface area (Å²) in [5.41, 5.74) is 3.99. The van der Waals surface area contributed by atoms with Crippen molar-refractivity contribution in [3.63, 3.8) is 0 Å². The van der Waals surface area contributed by atoms with Gasteiger partial charge in [-0.15, -0.1) is 0 Å². The van der Waals surface area contributed by atoms with Crippen LogP contribution in [0.15, 0.2) is 42.5 Å². The van der Waals surface area contributed by atoms with Gasteiger partial charge in [0.15, 0.2) is 5.82 Å². The second-order valence-electron chi connectivity index (χ2n) is 7.39. The van der Waals surface area contributed by atoms with Crippen molar-refractivity contribution in [1.29, 1.82) is 0 Å². The van der Waals surface area contributed by atoms with E-state index in [1.54, 1.807) is 12.1 Å². The van der Waals surface area contributed by atoms with Crippen LogP contribution in [0.5, 0.6) is 5.75 Å². The monoisotopic (exact) mass is 386 g/mol. The van der Waals surface area contributed by atoms with E-state index in [4.69, 9.17) is 16.3 Å². The molecule has 3 rings (SSSR count). The van der Waals surface area contributed by atoms with Gasteiger partial charge in [-0.2, -0.15) is 0 Å². The number of halogens is 2. The van der Waals surface area contributed by atoms with Crippen LogP contribution in [0.2, 0.25) is 5.02 Å². The van der Waals surface area contributed by atoms with Gasteiger partial charge in [-0.25, -0.2) is 4.39 Å². The van der Waals surface area contributed by atoms with E-state index >= 15 is 0 Å². The van der Waals surface area contributed by atoms with Gasteiger partial charge >= 0.3 is 0 Å². The summed E-state index contributed by atoms with van der Waals surface area (Å²) in [4.78, 5) is 0. The molecule has 0 spiro atoms. The lowest BCUT2D eigenvalue weighted by molar-refractivity contribution is 0.412. The van der Waals surface area contributed by atoms with Crippen molar-refractivity contribution in [2.24, 2.45) is 5.92 Å². The smallest absolute Gasteiger partial charge is 0.153 e. The number of rotatable bonds is 7. The molecule has 1 unspecified atom stereocenters. The molecule has 27 heavy (non-hydrogen) atoms. The van der Waals surface area contributed by atoms with Crippen LogP contribution >= 0.6 is 11.6 Å². The first kappa shape index (κ1) is 19.9. The van der Waals surface area contributed by atoms with Crippen molar-refractivity contribution >= 4 is 17.2 Å². The normalized spacial score (nSPS) is 16.9. The highest BCUT2D eigenvalue weighted by atomic mass is 35.5. The molecule has 0 radical (unpaired) electrons. The Morgan fingerprint density at radius 3 is 2.44 bits per heavy atom. The molecule has 0 N–H and O–H groups in total. The fraction of sp³-hybridized carbons (Fsp3) is 0.417. The fourth-order valence-corrected chi connectivity index (χ4v) is 4.11. The first-order chi connectivity index (χ1) is 13.1. The van der Waals surface area contributed by atoms with Crippen LogP contribution < -0.4 is 4.74 Å². The van der Waals surface area contributed by atoms with Gasteiger partial charge in [0.05, 0.1) is 7.11 Å². The molecule has 0 fully saturated rings. The van der Waals surface area contributed by atoms with Crippen LogP contribution in [0.3, 0.4) is 0 Å². The van der Waals surface area contributed by atoms with Crippen LogP contribution in [0.25, 0.3) is 16.7 Å². The summed E-state index contributed by atoms with van der Waals surface area (Å²) in [6, 6.07) is 11.6. The van der Waals surface area contributed by atoms with Gasteiger partial charge in [0.25, 0.3) is 0 Å². The largest absolute Gasteiger partial charge is 0.495 e. The van der Waals surface area contributed by atoms with Crippen LogP contribution in [-0.2, 0) is 0 Å². The highest BCUT2D eigenvalue weighted by Crippen LogP contribution is 2.36. The lowest BCUT2D eigenvalue weighted by atomic mass is 9.83. The van der Waals surface area contributed by atoms with Gasteiger partial charge in [0.1, 0.15) is 10.8 Å². The first-order valence-electron chi connectivity index (χ1n) is 9.95. The second kappa shape index (κ2) is 9.41. The third kappa shape index (κ3) is 4.73. The van der Waals surface area contributed by atoms with Crippen LogP contribution in [0, 0.1) is 11.7 Å². The zero-order valence-corrected chi connectivity index (χ0v) is 17.0. The van der Waals surface area contributed by atoms with E-state index < -0.39 is 5.82 Å². The Bertz CT molecular complexity index is 795. The minimum atomic E-state index is -0.435. The van der Waals surface area contributed by atoms with Gasteiger partial charge < -0.3 is 4.74 Å². The van der Waals surface area contributed by atoms with Gasteiger partial charge in [0, 0.05) is 5.56 Å². The summed E-state index contributed by atoms with van der Waals surface area (Å²) in [5.74, 6) is 0.765. The van der Waals surface area contributed by atoms with Gasteiger partial charge in [0.2, 0.25) is 0 Å². The minimum absolute atomic E-state index is 0.0307. The lowest BCUT2D eigenvalue weighted by Crippen LogP contribution is -2.05. The summed E-state index contributed by atoms with van der Waals surface area (Å²) < 4.78 is 19.6. The van der Waals surface area contributed by atoms with E-state index in [1.165, 1.54) is 56.8 Å². The highest BCUT2D eigenvalue weighted by molar-refractivity contribution is 6.32. The summed E-state index contributed by atoms with van der Waals surface area (Å²) in [5, 5.41) is 0.0307. The van der Waals surface area contributed by atoms with Crippen molar-refractivity contribution in [3.8, 4) is 16.9 Å². The van der Waals surface area contributed by atoms with E-state index in [9.17, 15) is 4.39 Å². The molecule has 0 aliphatic heterocycles. The molecular formula is C24H28ClFO. The Morgan fingerprint density at radius 1 is 1.07 bits per heavy atom. The van der Waals surface area contributed by atoms with Crippen LogP contribution in [-0.4, -0.2) is 7.11 Å². The molecule has 0 saturated carbocycles. The van der Waals surface area contributed by atoms with Gasteiger partial charge in [-0.3, -0.25) is 0 Å². The molecule has 0 heterocycles. The second-order valence-corrected chi connectivity index (χ2v) is 7.76. The van der Waals surface area contributed by atoms with Crippen molar-refractivity contribution in [1.82, 2.24) is 0 Å². The topological polar surface area (TPSA) is 9.23 Å². The first-order valence-corrected chi connectivity index (χ1v) is 10.3. The maximum atomic E-state index is 14.5. The predicted octanol–water partition coefficient (Wildman–Crippen LogP) is 7.92. The molecule has 3 heteroatoms. The fourth-order valence-electron chi connectivity index (χ4n) is 3.87. The van der Waals surface area contributed by atoms with E-state index in [-0.39, 0.29) is 5.02 Å². The number of methoxy groups -OCH3 is 1. The molecule has 0 bridgehead atoms. The Hall–Kier alpha value is -1.80. The van der Waals surface area contributed by atoms with Crippen LogP contribution in [0.4, 0.5) is 4.39 Å². The maximum Gasteiger partial charge on any atom is 0.153 e. The van der Waals surface area contributed by atoms with Crippen molar-refractivity contribution < 1.29 is 9.13 Å². The van der Waals surface area contributed by atoms with Crippen molar-refractivity contribution in [2.75, 3.05) is 7.11 Å². The van der Waals surface area contributed by atoms with E-state index in [2.05, 4.69) is 25.1 Å². The molecule has 2 aromatic rings. The zero-order valence-electron chi connectivity index (χ0n) is 16.2. The van der Waals surface area contributed by atoms with E-state index in [0.717, 1.165) is 17.9 Å². The SMILES string of the molecule is CCCCCC1CC=C(c2ccc(-c3ccc(OC)c(Cl)c3F)cc2)CC1. The van der Waals surface area contributed by atoms with Crippen LogP contribution in [0.1, 0.15) is 57.4 Å². The standard InChI is InChI=1S/C24H28ClFO/c1-3-4-5-6-17-7-9-18(10-8-17)19-11-13-20(14-12-19)21-15-16-22(27-2)23(25)24(21)26/h9,11-17H,3-8,10H2,1-2H3. The number of benzene rings is 2. The molecule has 1 atom stereocenters. The number of unbranched alkanes of at least 4 members (excludes halogenated alkanes) is 2. The quantitative estimate of drug-likeness (QED) is 0.439. The Balaban J connectivity index is 1.70. The Labute approximate surface area is 167 Å². The molecule has 0 aromatic heterocycles. The van der Waals surface area contributed by atoms with Gasteiger partial charge in [-0.1, -0.05) is 74.5 Å². The number of allylic oxidation sites excluding steroid dienone is 2. The average molecular weight is 387 g/mol. The van der Waals surface area contributed by atoms with Gasteiger partial charge in [-0.05, 0) is 54.0 Å². The molecular weight excluding hydrogens is 359 g/mol. The van der Waals surface area contributed by atoms with Crippen molar-refractivity contribution in [2.45, 2.75) is 51.9 Å². The molecule has 0 amide bonds. The van der Waals surface area contributed by atoms with E-state index in [0.29, 0.717) is 11.3 Å². The Kier molecular flexibility index (Phi) is 6.95. The molecule has 2 aromatic carbocycles. The molecule has 1 aliphatic carbocycles.